The van der Waals surface area contributed by atoms with E-state index in [1.165, 1.54) is 0 Å². The molecule has 0 radical (unpaired) electrons. The number of hydrogen-bond acceptors (Lipinski definition) is 3. The number of benzene rings is 1. The summed E-state index contributed by atoms with van der Waals surface area (Å²) in [5.74, 6) is 1.80. The van der Waals surface area contributed by atoms with Crippen molar-refractivity contribution in [2.75, 3.05) is 6.61 Å². The zero-order chi connectivity index (χ0) is 16.0. The fourth-order valence-electron chi connectivity index (χ4n) is 1.96. The summed E-state index contributed by atoms with van der Waals surface area (Å²) in [5.41, 5.74) is 0.829. The van der Waals surface area contributed by atoms with Crippen molar-refractivity contribution in [2.45, 2.75) is 60.5 Å². The number of carbonyl (C=O) groups is 1. The van der Waals surface area contributed by atoms with Gasteiger partial charge in [-0.3, -0.25) is 4.79 Å². The van der Waals surface area contributed by atoms with Gasteiger partial charge >= 0.3 is 0 Å². The van der Waals surface area contributed by atoms with Crippen LogP contribution >= 0.6 is 0 Å². The van der Waals surface area contributed by atoms with Gasteiger partial charge in [0.2, 0.25) is 0 Å². The Morgan fingerprint density at radius 2 is 1.86 bits per heavy atom. The summed E-state index contributed by atoms with van der Waals surface area (Å²) in [6.07, 6.45) is 1.40. The molecule has 118 valence electrons. The molecule has 3 nitrogen and oxygen atoms in total. The normalized spacial score (nSPS) is 11.6. The topological polar surface area (TPSA) is 35.5 Å². The number of carbonyl (C=O) groups excluding carboxylic acids is 1. The second-order valence-electron chi connectivity index (χ2n) is 6.55. The molecule has 0 unspecified atom stereocenters. The molecule has 0 amide bonds. The van der Waals surface area contributed by atoms with Crippen molar-refractivity contribution in [3.8, 4) is 11.5 Å². The van der Waals surface area contributed by atoms with Crippen molar-refractivity contribution < 1.29 is 14.3 Å². The van der Waals surface area contributed by atoms with E-state index in [1.54, 1.807) is 0 Å². The molecular formula is C18H28O3. The molecule has 21 heavy (non-hydrogen) atoms. The minimum Gasteiger partial charge on any atom is -0.490 e. The van der Waals surface area contributed by atoms with Gasteiger partial charge in [-0.25, -0.2) is 0 Å². The number of aryl methyl sites for hydroxylation is 1. The summed E-state index contributed by atoms with van der Waals surface area (Å²) < 4.78 is 11.4. The first-order valence-electron chi connectivity index (χ1n) is 7.69. The number of rotatable bonds is 7. The van der Waals surface area contributed by atoms with Gasteiger partial charge in [0.25, 0.3) is 0 Å². The third-order valence-corrected chi connectivity index (χ3v) is 3.15. The second kappa shape index (κ2) is 7.48. The van der Waals surface area contributed by atoms with Crippen LogP contribution in [0.15, 0.2) is 18.2 Å². The number of hydrogen-bond donors (Lipinski definition) is 0. The highest BCUT2D eigenvalue weighted by molar-refractivity contribution is 5.83. The molecule has 0 spiro atoms. The summed E-state index contributed by atoms with van der Waals surface area (Å²) in [6.45, 7) is 12.4. The van der Waals surface area contributed by atoms with Gasteiger partial charge in [0, 0.05) is 11.8 Å². The first-order valence-corrected chi connectivity index (χ1v) is 7.69. The zero-order valence-corrected chi connectivity index (χ0v) is 14.2. The molecule has 0 saturated heterocycles. The molecule has 0 saturated carbocycles. The summed E-state index contributed by atoms with van der Waals surface area (Å²) in [6, 6.07) is 5.93. The Labute approximate surface area is 128 Å². The van der Waals surface area contributed by atoms with E-state index in [9.17, 15) is 4.79 Å². The van der Waals surface area contributed by atoms with Crippen LogP contribution in [0, 0.1) is 5.41 Å². The third-order valence-electron chi connectivity index (χ3n) is 3.15. The fraction of sp³-hybridized carbons (Fsp3) is 0.611. The van der Waals surface area contributed by atoms with Crippen molar-refractivity contribution in [2.24, 2.45) is 5.41 Å². The molecular weight excluding hydrogens is 264 g/mol. The van der Waals surface area contributed by atoms with Crippen LogP contribution in [0.25, 0.3) is 0 Å². The average Bonchev–Trinajstić information content (AvgIpc) is 2.37. The largest absolute Gasteiger partial charge is 0.490 e. The lowest BCUT2D eigenvalue weighted by molar-refractivity contribution is -0.126. The van der Waals surface area contributed by atoms with E-state index >= 15 is 0 Å². The van der Waals surface area contributed by atoms with Crippen LogP contribution in [0.4, 0.5) is 0 Å². The van der Waals surface area contributed by atoms with Crippen molar-refractivity contribution in [1.29, 1.82) is 0 Å². The minimum atomic E-state index is -0.274. The predicted molar refractivity (Wildman–Crippen MR) is 86.2 cm³/mol. The monoisotopic (exact) mass is 292 g/mol. The zero-order valence-electron chi connectivity index (χ0n) is 14.2. The molecule has 3 heteroatoms. The molecule has 0 aliphatic heterocycles. The van der Waals surface area contributed by atoms with Crippen molar-refractivity contribution in [1.82, 2.24) is 0 Å². The Hall–Kier alpha value is -1.51. The maximum absolute atomic E-state index is 12.0. The van der Waals surface area contributed by atoms with Crippen molar-refractivity contribution in [3.63, 3.8) is 0 Å². The Bertz CT molecular complexity index is 470. The lowest BCUT2D eigenvalue weighted by atomic mass is 9.87. The van der Waals surface area contributed by atoms with Gasteiger partial charge in [0.1, 0.15) is 5.78 Å². The van der Waals surface area contributed by atoms with Crippen molar-refractivity contribution in [3.05, 3.63) is 23.8 Å². The highest BCUT2D eigenvalue weighted by Gasteiger charge is 2.20. The van der Waals surface area contributed by atoms with Crippen LogP contribution in [-0.2, 0) is 11.2 Å². The van der Waals surface area contributed by atoms with Gasteiger partial charge in [-0.1, -0.05) is 26.8 Å². The molecule has 0 aliphatic carbocycles. The van der Waals surface area contributed by atoms with E-state index in [0.717, 1.165) is 23.5 Å². The number of ketones is 1. The second-order valence-corrected chi connectivity index (χ2v) is 6.55. The summed E-state index contributed by atoms with van der Waals surface area (Å²) in [4.78, 5) is 12.0. The van der Waals surface area contributed by atoms with E-state index in [2.05, 4.69) is 0 Å². The van der Waals surface area contributed by atoms with Crippen LogP contribution in [0.5, 0.6) is 11.5 Å². The Morgan fingerprint density at radius 3 is 2.38 bits per heavy atom. The summed E-state index contributed by atoms with van der Waals surface area (Å²) in [7, 11) is 0. The standard InChI is InChI=1S/C18H28O3/c1-7-20-16-12-14(8-10-15(16)21-13(2)3)9-11-17(19)18(4,5)6/h8,10,12-13H,7,9,11H2,1-6H3. The number of Topliss-reactive ketones (excluding diaryl/α,β-unsaturated/α-hetero) is 1. The van der Waals surface area contributed by atoms with Gasteiger partial charge in [0.15, 0.2) is 11.5 Å². The van der Waals surface area contributed by atoms with E-state index in [-0.39, 0.29) is 17.3 Å². The van der Waals surface area contributed by atoms with E-state index in [1.807, 2.05) is 59.7 Å². The Kier molecular flexibility index (Phi) is 6.25. The molecule has 1 rings (SSSR count). The highest BCUT2D eigenvalue weighted by atomic mass is 16.5. The molecule has 0 aliphatic rings. The Morgan fingerprint density at radius 1 is 1.19 bits per heavy atom. The van der Waals surface area contributed by atoms with Crippen LogP contribution < -0.4 is 9.47 Å². The average molecular weight is 292 g/mol. The van der Waals surface area contributed by atoms with Gasteiger partial charge in [0.05, 0.1) is 12.7 Å². The molecule has 1 aromatic carbocycles. The molecule has 1 aromatic rings. The first-order chi connectivity index (χ1) is 9.74. The minimum absolute atomic E-state index is 0.109. The Balaban J connectivity index is 2.80. The van der Waals surface area contributed by atoms with Crippen molar-refractivity contribution >= 4 is 5.78 Å². The van der Waals surface area contributed by atoms with Gasteiger partial charge < -0.3 is 9.47 Å². The van der Waals surface area contributed by atoms with E-state index < -0.39 is 0 Å². The maximum atomic E-state index is 12.0. The molecule has 0 bridgehead atoms. The van der Waals surface area contributed by atoms with Crippen LogP contribution in [0.2, 0.25) is 0 Å². The van der Waals surface area contributed by atoms with E-state index in [0.29, 0.717) is 13.0 Å². The lowest BCUT2D eigenvalue weighted by Crippen LogP contribution is -2.20. The smallest absolute Gasteiger partial charge is 0.161 e. The van der Waals surface area contributed by atoms with Crippen LogP contribution in [0.1, 0.15) is 53.5 Å². The SMILES string of the molecule is CCOc1cc(CCC(=O)C(C)(C)C)ccc1OC(C)C. The summed E-state index contributed by atoms with van der Waals surface area (Å²) in [5, 5.41) is 0. The quantitative estimate of drug-likeness (QED) is 0.746. The van der Waals surface area contributed by atoms with Gasteiger partial charge in [-0.15, -0.1) is 0 Å². The molecule has 0 aromatic heterocycles. The lowest BCUT2D eigenvalue weighted by Gasteiger charge is -2.17. The third kappa shape index (κ3) is 5.78. The fourth-order valence-corrected chi connectivity index (χ4v) is 1.96. The molecule has 0 fully saturated rings. The highest BCUT2D eigenvalue weighted by Crippen LogP contribution is 2.30. The van der Waals surface area contributed by atoms with E-state index in [4.69, 9.17) is 9.47 Å². The number of ether oxygens (including phenoxy) is 2. The van der Waals surface area contributed by atoms with Gasteiger partial charge in [-0.2, -0.15) is 0 Å². The van der Waals surface area contributed by atoms with Gasteiger partial charge in [-0.05, 0) is 44.9 Å². The van der Waals surface area contributed by atoms with Crippen LogP contribution in [-0.4, -0.2) is 18.5 Å². The first kappa shape index (κ1) is 17.5. The summed E-state index contributed by atoms with van der Waals surface area (Å²) >= 11 is 0. The molecule has 0 N–H and O–H groups in total. The van der Waals surface area contributed by atoms with Crippen LogP contribution in [0.3, 0.4) is 0 Å². The maximum Gasteiger partial charge on any atom is 0.161 e. The predicted octanol–water partition coefficient (Wildman–Crippen LogP) is 4.42. The molecule has 0 atom stereocenters. The molecule has 0 heterocycles.